The smallest absolute Gasteiger partial charge is 0.253 e. The van der Waals surface area contributed by atoms with Gasteiger partial charge in [-0.3, -0.25) is 9.59 Å². The van der Waals surface area contributed by atoms with Crippen LogP contribution < -0.4 is 5.32 Å². The fourth-order valence-corrected chi connectivity index (χ4v) is 5.22. The van der Waals surface area contributed by atoms with E-state index in [9.17, 15) is 14.0 Å². The molecule has 1 aliphatic heterocycles. The Balaban J connectivity index is 1.27. The molecule has 0 aliphatic carbocycles. The third-order valence-electron chi connectivity index (χ3n) is 6.29. The van der Waals surface area contributed by atoms with Gasteiger partial charge in [0, 0.05) is 23.5 Å². The van der Waals surface area contributed by atoms with Gasteiger partial charge in [-0.2, -0.15) is 5.10 Å². The lowest BCUT2D eigenvalue weighted by Crippen LogP contribution is -2.28. The van der Waals surface area contributed by atoms with Crippen molar-refractivity contribution in [1.29, 1.82) is 0 Å². The van der Waals surface area contributed by atoms with E-state index >= 15 is 0 Å². The number of aromatic nitrogens is 3. The highest BCUT2D eigenvalue weighted by atomic mass is 79.9. The number of thioether (sulfide) groups is 1. The van der Waals surface area contributed by atoms with Gasteiger partial charge in [0.25, 0.3) is 11.8 Å². The van der Waals surface area contributed by atoms with Crippen LogP contribution in [0.25, 0.3) is 0 Å². The first-order chi connectivity index (χ1) is 18.9. The lowest BCUT2D eigenvalue weighted by atomic mass is 9.98. The van der Waals surface area contributed by atoms with Crippen molar-refractivity contribution in [2.45, 2.75) is 24.2 Å². The second-order valence-corrected chi connectivity index (χ2v) is 10.7. The molecule has 1 N–H and O–H groups in total. The van der Waals surface area contributed by atoms with Crippen LogP contribution in [0.15, 0.2) is 93.6 Å². The minimum Gasteiger partial charge on any atom is -0.345 e. The van der Waals surface area contributed by atoms with Gasteiger partial charge in [0.2, 0.25) is 0 Å². The molecule has 8 nitrogen and oxygen atoms in total. The molecule has 5 rings (SSSR count). The maximum absolute atomic E-state index is 13.6. The topological polar surface area (TPSA) is 92.5 Å². The molecule has 0 radical (unpaired) electrons. The summed E-state index contributed by atoms with van der Waals surface area (Å²) in [4.78, 5) is 25.7. The highest BCUT2D eigenvalue weighted by Crippen LogP contribution is 2.34. The molecule has 2 heterocycles. The minimum absolute atomic E-state index is 0.0805. The lowest BCUT2D eigenvalue weighted by Gasteiger charge is -2.22. The van der Waals surface area contributed by atoms with Crippen LogP contribution in [0.4, 0.5) is 4.39 Å². The molecule has 3 aromatic carbocycles. The van der Waals surface area contributed by atoms with E-state index in [0.717, 1.165) is 21.3 Å². The normalized spacial score (nSPS) is 14.8. The number of amides is 2. The molecular weight excluding hydrogens is 583 g/mol. The van der Waals surface area contributed by atoms with Crippen LogP contribution >= 0.6 is 27.7 Å². The van der Waals surface area contributed by atoms with E-state index in [0.29, 0.717) is 23.0 Å². The number of carbonyl (C=O) groups excluding carboxylic acids is 2. The summed E-state index contributed by atoms with van der Waals surface area (Å²) in [5.74, 6) is -0.101. The van der Waals surface area contributed by atoms with Gasteiger partial charge < -0.3 is 9.88 Å². The molecule has 2 amide bonds. The zero-order valence-electron chi connectivity index (χ0n) is 20.9. The van der Waals surface area contributed by atoms with Gasteiger partial charge in [-0.05, 0) is 47.5 Å². The average Bonchev–Trinajstić information content (AvgIpc) is 3.55. The quantitative estimate of drug-likeness (QED) is 0.281. The second kappa shape index (κ2) is 11.9. The van der Waals surface area contributed by atoms with E-state index in [2.05, 4.69) is 36.5 Å². The number of halogens is 2. The van der Waals surface area contributed by atoms with Crippen LogP contribution in [0, 0.1) is 5.82 Å². The van der Waals surface area contributed by atoms with Crippen molar-refractivity contribution in [3.8, 4) is 0 Å². The van der Waals surface area contributed by atoms with Crippen LogP contribution in [0.5, 0.6) is 0 Å². The van der Waals surface area contributed by atoms with Crippen molar-refractivity contribution in [3.63, 3.8) is 0 Å². The van der Waals surface area contributed by atoms with E-state index in [4.69, 9.17) is 0 Å². The summed E-state index contributed by atoms with van der Waals surface area (Å²) >= 11 is 4.69. The summed E-state index contributed by atoms with van der Waals surface area (Å²) in [6.45, 7) is 0.200. The Bertz CT molecular complexity index is 1510. The molecule has 0 saturated carbocycles. The molecule has 1 atom stereocenters. The zero-order chi connectivity index (χ0) is 27.4. The summed E-state index contributed by atoms with van der Waals surface area (Å²) in [7, 11) is 1.79. The van der Waals surface area contributed by atoms with Gasteiger partial charge >= 0.3 is 0 Å². The van der Waals surface area contributed by atoms with Crippen molar-refractivity contribution in [1.82, 2.24) is 25.1 Å². The monoisotopic (exact) mass is 606 g/mol. The highest BCUT2D eigenvalue weighted by molar-refractivity contribution is 9.10. The molecule has 1 aliphatic rings. The Kier molecular flexibility index (Phi) is 8.18. The first-order valence-electron chi connectivity index (χ1n) is 12.1. The molecule has 11 heteroatoms. The molecule has 0 unspecified atom stereocenters. The highest BCUT2D eigenvalue weighted by Gasteiger charge is 2.33. The van der Waals surface area contributed by atoms with E-state index in [1.165, 1.54) is 28.9 Å². The molecule has 39 heavy (non-hydrogen) atoms. The Hall–Kier alpha value is -3.83. The first-order valence-corrected chi connectivity index (χ1v) is 13.9. The Labute approximate surface area is 237 Å². The van der Waals surface area contributed by atoms with Crippen molar-refractivity contribution < 1.29 is 14.0 Å². The number of rotatable bonds is 8. The van der Waals surface area contributed by atoms with Crippen molar-refractivity contribution >= 4 is 45.2 Å². The van der Waals surface area contributed by atoms with Gasteiger partial charge in [-0.1, -0.05) is 70.2 Å². The number of carbonyl (C=O) groups is 2. The summed E-state index contributed by atoms with van der Waals surface area (Å²) in [5.41, 5.74) is 3.07. The van der Waals surface area contributed by atoms with Crippen LogP contribution in [0.2, 0.25) is 0 Å². The molecule has 198 valence electrons. The summed E-state index contributed by atoms with van der Waals surface area (Å²) in [6.07, 6.45) is 0.513. The van der Waals surface area contributed by atoms with Gasteiger partial charge in [-0.15, -0.1) is 10.2 Å². The average molecular weight is 608 g/mol. The van der Waals surface area contributed by atoms with Crippen molar-refractivity contribution in [2.75, 3.05) is 5.75 Å². The van der Waals surface area contributed by atoms with E-state index in [1.54, 1.807) is 48.0 Å². The van der Waals surface area contributed by atoms with Crippen molar-refractivity contribution in [2.24, 2.45) is 12.1 Å². The van der Waals surface area contributed by atoms with Crippen molar-refractivity contribution in [3.05, 3.63) is 112 Å². The predicted octanol–water partition coefficient (Wildman–Crippen LogP) is 5.12. The summed E-state index contributed by atoms with van der Waals surface area (Å²) < 4.78 is 16.3. The zero-order valence-corrected chi connectivity index (χ0v) is 23.3. The molecule has 0 fully saturated rings. The molecule has 0 saturated heterocycles. The largest absolute Gasteiger partial charge is 0.345 e. The van der Waals surface area contributed by atoms with Crippen LogP contribution in [-0.4, -0.2) is 43.1 Å². The van der Waals surface area contributed by atoms with Gasteiger partial charge in [0.05, 0.1) is 24.1 Å². The number of nitrogens with zero attached hydrogens (tertiary/aromatic N) is 5. The number of hydrazone groups is 1. The number of nitrogens with one attached hydrogen (secondary N) is 1. The Morgan fingerprint density at radius 2 is 1.74 bits per heavy atom. The standard InChI is InChI=1S/C28H24BrFN6O2S/c1-35-25(16-31-27(38)20-5-3-2-4-6-20)32-33-28(35)39-17-26(37)36-24(19-9-13-22(30)14-10-19)15-23(34-36)18-7-11-21(29)12-8-18/h2-14,24H,15-17H2,1H3,(H,31,38)/t24-/m0/s1. The van der Waals surface area contributed by atoms with Crippen LogP contribution in [0.3, 0.4) is 0 Å². The van der Waals surface area contributed by atoms with E-state index in [-0.39, 0.29) is 36.0 Å². The molecular formula is C28H24BrFN6O2S. The Morgan fingerprint density at radius 3 is 2.46 bits per heavy atom. The van der Waals surface area contributed by atoms with Gasteiger partial charge in [-0.25, -0.2) is 9.40 Å². The predicted molar refractivity (Wildman–Crippen MR) is 151 cm³/mol. The van der Waals surface area contributed by atoms with Gasteiger partial charge in [0.1, 0.15) is 5.82 Å². The third-order valence-corrected chi connectivity index (χ3v) is 7.82. The Morgan fingerprint density at radius 1 is 1.03 bits per heavy atom. The lowest BCUT2D eigenvalue weighted by molar-refractivity contribution is -0.130. The number of hydrogen-bond acceptors (Lipinski definition) is 6. The molecule has 4 aromatic rings. The van der Waals surface area contributed by atoms with Crippen LogP contribution in [-0.2, 0) is 18.4 Å². The maximum atomic E-state index is 13.6. The van der Waals surface area contributed by atoms with E-state index < -0.39 is 0 Å². The first kappa shape index (κ1) is 26.8. The minimum atomic E-state index is -0.347. The molecule has 0 bridgehead atoms. The molecule has 0 spiro atoms. The molecule has 1 aromatic heterocycles. The fraction of sp³-hybridized carbons (Fsp3) is 0.179. The fourth-order valence-electron chi connectivity index (χ4n) is 4.17. The number of hydrogen-bond donors (Lipinski definition) is 1. The SMILES string of the molecule is Cn1c(CNC(=O)c2ccccc2)nnc1SCC(=O)N1N=C(c2ccc(Br)cc2)C[C@H]1c1ccc(F)cc1. The van der Waals surface area contributed by atoms with E-state index in [1.807, 2.05) is 30.3 Å². The maximum Gasteiger partial charge on any atom is 0.253 e. The summed E-state index contributed by atoms with van der Waals surface area (Å²) in [5, 5.41) is 17.9. The third kappa shape index (κ3) is 6.26. The summed E-state index contributed by atoms with van der Waals surface area (Å²) in [6, 6.07) is 22.5. The van der Waals surface area contributed by atoms with Crippen LogP contribution in [0.1, 0.15) is 39.8 Å². The second-order valence-electron chi connectivity index (χ2n) is 8.86. The van der Waals surface area contributed by atoms with Gasteiger partial charge in [0.15, 0.2) is 11.0 Å². The number of benzene rings is 3.